The van der Waals surface area contributed by atoms with E-state index in [0.717, 1.165) is 41.2 Å². The molecule has 0 spiro atoms. The van der Waals surface area contributed by atoms with Crippen LogP contribution in [0.3, 0.4) is 0 Å². The third-order valence-corrected chi connectivity index (χ3v) is 19.4. The number of nitrogens with zero attached hydrogens (tertiary/aromatic N) is 4. The van der Waals surface area contributed by atoms with Gasteiger partial charge in [0, 0.05) is 76.7 Å². The van der Waals surface area contributed by atoms with Crippen LogP contribution in [0.4, 0.5) is 15.3 Å². The second-order valence-corrected chi connectivity index (χ2v) is 27.2. The van der Waals surface area contributed by atoms with Gasteiger partial charge in [0.15, 0.2) is 0 Å². The minimum absolute atomic E-state index is 0.0451. The van der Waals surface area contributed by atoms with Gasteiger partial charge in [-0.3, -0.25) is 48.1 Å². The van der Waals surface area contributed by atoms with Crippen LogP contribution >= 0.6 is 11.3 Å². The maximum atomic E-state index is 15.0. The number of amides is 12. The monoisotopic (exact) mass is 1350 g/mol. The maximum absolute atomic E-state index is 15.0. The molecule has 3 aliphatic rings. The molecule has 26 nitrogen and oxygen atoms in total. The van der Waals surface area contributed by atoms with Crippen LogP contribution in [0.2, 0.25) is 0 Å². The number of likely N-dealkylation sites (N-methyl/N-ethyl adjacent to an activating group) is 1. The first-order valence-electron chi connectivity index (χ1n) is 33.5. The summed E-state index contributed by atoms with van der Waals surface area (Å²) in [5.41, 5.74) is 5.55. The number of carbonyl (C=O) groups is 11. The van der Waals surface area contributed by atoms with Crippen molar-refractivity contribution < 1.29 is 67.3 Å². The van der Waals surface area contributed by atoms with Gasteiger partial charge in [0.1, 0.15) is 28.7 Å². The van der Waals surface area contributed by atoms with Crippen molar-refractivity contribution in [2.75, 3.05) is 46.2 Å². The molecule has 12 amide bonds. The van der Waals surface area contributed by atoms with E-state index in [-0.39, 0.29) is 93.1 Å². The Labute approximate surface area is 567 Å². The fraction of sp³-hybridized carbons (Fsp3) is 0.594. The van der Waals surface area contributed by atoms with Gasteiger partial charge in [-0.1, -0.05) is 96.3 Å². The summed E-state index contributed by atoms with van der Waals surface area (Å²) in [6.07, 6.45) is 8.41. The van der Waals surface area contributed by atoms with Gasteiger partial charge >= 0.3 is 12.1 Å². The molecular formula is C69H100N12O14S. The molecule has 27 heteroatoms. The molecule has 3 aromatic rings. The van der Waals surface area contributed by atoms with Crippen LogP contribution in [0.5, 0.6) is 0 Å². The van der Waals surface area contributed by atoms with Gasteiger partial charge in [-0.15, -0.1) is 11.3 Å². The lowest BCUT2D eigenvalue weighted by Gasteiger charge is -2.41. The average Bonchev–Trinajstić information content (AvgIpc) is 1.41. The highest BCUT2D eigenvalue weighted by molar-refractivity contribution is 7.09. The molecule has 526 valence electrons. The van der Waals surface area contributed by atoms with Crippen LogP contribution in [-0.2, 0) is 65.5 Å². The Hall–Kier alpha value is -8.30. The first kappa shape index (κ1) is 76.7. The summed E-state index contributed by atoms with van der Waals surface area (Å²) >= 11 is 1.47. The Morgan fingerprint density at radius 2 is 1.46 bits per heavy atom. The minimum Gasteiger partial charge on any atom is -0.465 e. The summed E-state index contributed by atoms with van der Waals surface area (Å²) in [6.45, 7) is 11.1. The topological polar surface area (TPSA) is 359 Å². The third-order valence-electron chi connectivity index (χ3n) is 18.6. The van der Waals surface area contributed by atoms with Crippen molar-refractivity contribution in [1.82, 2.24) is 51.6 Å². The number of benzene rings is 2. The van der Waals surface area contributed by atoms with E-state index in [1.807, 2.05) is 42.6 Å². The number of thiazole rings is 1. The molecule has 6 rings (SSSR count). The predicted octanol–water partition coefficient (Wildman–Crippen LogP) is 5.91. The average molecular weight is 1350 g/mol. The van der Waals surface area contributed by atoms with Crippen LogP contribution in [0.15, 0.2) is 78.3 Å². The molecule has 1 aromatic heterocycles. The van der Waals surface area contributed by atoms with Crippen LogP contribution in [0.25, 0.3) is 0 Å². The number of carbonyl (C=O) groups excluding carboxylic acids is 10. The number of nitrogens with one attached hydrogen (secondary N) is 7. The summed E-state index contributed by atoms with van der Waals surface area (Å²) in [4.78, 5) is 156. The molecule has 1 saturated carbocycles. The summed E-state index contributed by atoms with van der Waals surface area (Å²) in [5.74, 6) is -5.52. The van der Waals surface area contributed by atoms with Crippen molar-refractivity contribution in [3.63, 3.8) is 0 Å². The van der Waals surface area contributed by atoms with E-state index in [4.69, 9.17) is 15.2 Å². The van der Waals surface area contributed by atoms with Crippen LogP contribution in [0, 0.1) is 23.7 Å². The van der Waals surface area contributed by atoms with Crippen LogP contribution < -0.4 is 43.0 Å². The normalized spacial score (nSPS) is 17.9. The Bertz CT molecular complexity index is 3130. The Balaban J connectivity index is 1.08. The van der Waals surface area contributed by atoms with Gasteiger partial charge in [0.2, 0.25) is 41.4 Å². The largest absolute Gasteiger partial charge is 0.465 e. The number of aromatic nitrogens is 1. The molecule has 96 heavy (non-hydrogen) atoms. The van der Waals surface area contributed by atoms with Crippen molar-refractivity contribution in [3.8, 4) is 0 Å². The number of aryl methyl sites for hydroxylation is 1. The van der Waals surface area contributed by atoms with Gasteiger partial charge < -0.3 is 67.3 Å². The van der Waals surface area contributed by atoms with E-state index in [0.29, 0.717) is 56.3 Å². The van der Waals surface area contributed by atoms with Gasteiger partial charge in [-0.2, -0.15) is 0 Å². The molecule has 3 heterocycles. The number of hydrogen-bond acceptors (Lipinski definition) is 15. The molecule has 0 bridgehead atoms. The maximum Gasteiger partial charge on any atom is 0.405 e. The number of urea groups is 1. The Kier molecular flexibility index (Phi) is 29.8. The highest BCUT2D eigenvalue weighted by Crippen LogP contribution is 2.36. The summed E-state index contributed by atoms with van der Waals surface area (Å²) < 4.78 is 12.3. The third kappa shape index (κ3) is 22.1. The quantitative estimate of drug-likeness (QED) is 0.0238. The molecule has 2 aliphatic heterocycles. The van der Waals surface area contributed by atoms with E-state index in [1.54, 1.807) is 82.1 Å². The lowest BCUT2D eigenvalue weighted by Crippen LogP contribution is -2.63. The number of primary amides is 1. The minimum atomic E-state index is -1.76. The number of unbranched alkanes of at least 4 members (excludes halogenated alkanes) is 2. The molecule has 1 unspecified atom stereocenters. The molecule has 10 atom stereocenters. The van der Waals surface area contributed by atoms with E-state index in [1.165, 1.54) is 37.5 Å². The van der Waals surface area contributed by atoms with Gasteiger partial charge in [-0.25, -0.2) is 14.6 Å². The highest BCUT2D eigenvalue weighted by Gasteiger charge is 2.46. The molecule has 2 fully saturated rings. The second-order valence-electron chi connectivity index (χ2n) is 26.3. The van der Waals surface area contributed by atoms with Crippen LogP contribution in [-0.4, -0.2) is 179 Å². The zero-order chi connectivity index (χ0) is 70.2. The number of hydrogen-bond donors (Lipinski definition) is 9. The molecule has 1 aliphatic carbocycles. The van der Waals surface area contributed by atoms with E-state index < -0.39 is 101 Å². The predicted molar refractivity (Wildman–Crippen MR) is 361 cm³/mol. The highest BCUT2D eigenvalue weighted by atomic mass is 32.1. The number of methoxy groups -OCH3 is 2. The van der Waals surface area contributed by atoms with E-state index >= 15 is 4.79 Å². The number of rotatable bonds is 38. The molecule has 10 N–H and O–H groups in total. The van der Waals surface area contributed by atoms with Crippen molar-refractivity contribution in [2.24, 2.45) is 29.4 Å². The number of ether oxygens (including phenoxy) is 2. The molecule has 0 radical (unpaired) electrons. The number of imide groups is 1. The van der Waals surface area contributed by atoms with Crippen LogP contribution in [0.1, 0.15) is 154 Å². The summed E-state index contributed by atoms with van der Waals surface area (Å²) in [6, 6.07) is 11.0. The zero-order valence-corrected chi connectivity index (χ0v) is 57.7. The van der Waals surface area contributed by atoms with E-state index in [9.17, 15) is 53.1 Å². The van der Waals surface area contributed by atoms with Crippen molar-refractivity contribution in [1.29, 1.82) is 0 Å². The van der Waals surface area contributed by atoms with Gasteiger partial charge in [-0.05, 0) is 119 Å². The second kappa shape index (κ2) is 37.3. The molecule has 1 saturated heterocycles. The Morgan fingerprint density at radius 3 is 2.06 bits per heavy atom. The number of carboxylic acid groups (broad SMARTS) is 1. The number of anilines is 1. The van der Waals surface area contributed by atoms with Crippen molar-refractivity contribution in [3.05, 3.63) is 94.5 Å². The molecular weight excluding hydrogens is 1250 g/mol. The SMILES string of the molecule is CO[C@H]([C@@H](C)C(=O)N[C@@H](Cc1ccccc1)c1nccs1)[C@@H]1CCCN1C(=O)C[C@H](OC)[C@H](C1CCCC1)N(C)C(=O)[C@@H](NC(=O)C(C)(CCc1ccc(NC(=O)[C@H](CCCNC(N)=O)NC(=O)[C@@H](NC(=O)CCCCCN2C(=O)C=CC2=O)C(C)C)cc1)NC(=O)O)C(C)C. The Morgan fingerprint density at radius 1 is 0.781 bits per heavy atom. The lowest BCUT2D eigenvalue weighted by molar-refractivity contribution is -0.148. The van der Waals surface area contributed by atoms with Gasteiger partial charge in [0.05, 0.1) is 42.7 Å². The lowest BCUT2D eigenvalue weighted by atomic mass is 9.88. The summed E-state index contributed by atoms with van der Waals surface area (Å²) in [5, 5.41) is 32.1. The number of likely N-dealkylation sites (tertiary alicyclic amines) is 1. The summed E-state index contributed by atoms with van der Waals surface area (Å²) in [7, 11) is 4.74. The number of nitrogens with two attached hydrogens (primary N) is 1. The first-order chi connectivity index (χ1) is 45.7. The smallest absolute Gasteiger partial charge is 0.405 e. The fourth-order valence-electron chi connectivity index (χ4n) is 13.1. The molecule has 2 aromatic carbocycles. The fourth-order valence-corrected chi connectivity index (χ4v) is 13.8. The van der Waals surface area contributed by atoms with Gasteiger partial charge in [0.25, 0.3) is 11.8 Å². The first-order valence-corrected chi connectivity index (χ1v) is 34.4. The van der Waals surface area contributed by atoms with Crippen molar-refractivity contribution in [2.45, 2.75) is 198 Å². The van der Waals surface area contributed by atoms with Crippen molar-refractivity contribution >= 4 is 82.3 Å². The van der Waals surface area contributed by atoms with E-state index in [2.05, 4.69) is 42.2 Å². The standard InChI is InChI=1S/C69H100N12O14S/c1-42(2)57(76-53(82)26-14-11-17-37-81-54(83)31-32-55(81)84)63(88)74-49(24-18-35-72-67(70)91)62(87)73-48-29-27-45(28-30-48)33-34-69(6,78-68(92)93)66(90)77-58(43(3)4)65(89)79(7)59(47-22-15-16-23-47)52(94-8)41-56(85)80-38-19-25-51(80)60(95-9)44(5)61(86)75-50(64-71-36-39-96-64)40-46-20-12-10-13-21-46/h10,12-13,20-21,27-32,36,39,42-44,47,49-52,57-60,78H,11,14-19,22-26,33-35,37-38,40-41H2,1-9H3,(H,73,87)(H,74,88)(H,75,86)(H,76,82)(H,77,90)(H,92,93)(H3,70,72,91)/t44-,49+,50+,51+,52+,57+,58+,59+,60-,69?/m1/s1. The zero-order valence-electron chi connectivity index (χ0n) is 56.9.